The first-order valence-corrected chi connectivity index (χ1v) is 7.42. The molecule has 0 radical (unpaired) electrons. The maximum absolute atomic E-state index is 5.83. The zero-order chi connectivity index (χ0) is 14.2. The number of nitrogens with zero attached hydrogens (tertiary/aromatic N) is 2. The average molecular weight is 269 g/mol. The summed E-state index contributed by atoms with van der Waals surface area (Å²) in [5.41, 5.74) is 7.41. The Labute approximate surface area is 120 Å². The summed E-state index contributed by atoms with van der Waals surface area (Å²) >= 11 is 0. The van der Waals surface area contributed by atoms with Crippen LogP contribution in [0.4, 0.5) is 5.82 Å². The lowest BCUT2D eigenvalue weighted by Gasteiger charge is -2.38. The predicted molar refractivity (Wildman–Crippen MR) is 84.9 cm³/mol. The Kier molecular flexibility index (Phi) is 3.38. The van der Waals surface area contributed by atoms with Crippen molar-refractivity contribution in [2.24, 2.45) is 11.1 Å². The van der Waals surface area contributed by atoms with E-state index >= 15 is 0 Å². The number of fused-ring (bicyclic) bond motifs is 1. The molecule has 2 aromatic rings. The van der Waals surface area contributed by atoms with Crippen molar-refractivity contribution in [1.82, 2.24) is 4.98 Å². The van der Waals surface area contributed by atoms with Crippen LogP contribution in [-0.2, 0) is 6.54 Å². The van der Waals surface area contributed by atoms with Gasteiger partial charge in [-0.1, -0.05) is 38.1 Å². The maximum Gasteiger partial charge on any atom is 0.136 e. The number of rotatable bonds is 2. The van der Waals surface area contributed by atoms with Crippen molar-refractivity contribution in [3.8, 4) is 0 Å². The summed E-state index contributed by atoms with van der Waals surface area (Å²) in [5.74, 6) is 1.12. The van der Waals surface area contributed by atoms with Gasteiger partial charge in [0.1, 0.15) is 5.82 Å². The zero-order valence-electron chi connectivity index (χ0n) is 12.4. The standard InChI is InChI=1S/C17H23N3/c1-17(2)7-9-20(10-8-17)16-15-6-4-3-5-14(15)13(11-18)12-19-16/h3-6,12H,7-11,18H2,1-2H3. The highest BCUT2D eigenvalue weighted by molar-refractivity contribution is 5.94. The van der Waals surface area contributed by atoms with Gasteiger partial charge in [-0.3, -0.25) is 0 Å². The van der Waals surface area contributed by atoms with E-state index in [4.69, 9.17) is 10.7 Å². The number of hydrogen-bond acceptors (Lipinski definition) is 3. The molecule has 0 saturated carbocycles. The molecule has 3 rings (SSSR count). The molecule has 1 saturated heterocycles. The van der Waals surface area contributed by atoms with Gasteiger partial charge < -0.3 is 10.6 Å². The van der Waals surface area contributed by atoms with Crippen LogP contribution in [0.15, 0.2) is 30.5 Å². The molecule has 1 aromatic carbocycles. The lowest BCUT2D eigenvalue weighted by molar-refractivity contribution is 0.279. The number of pyridine rings is 1. The summed E-state index contributed by atoms with van der Waals surface area (Å²) in [6, 6.07) is 8.47. The Hall–Kier alpha value is -1.61. The second-order valence-electron chi connectivity index (χ2n) is 6.51. The summed E-state index contributed by atoms with van der Waals surface area (Å²) in [6.07, 6.45) is 4.39. The van der Waals surface area contributed by atoms with E-state index in [1.807, 2.05) is 6.20 Å². The smallest absolute Gasteiger partial charge is 0.136 e. The van der Waals surface area contributed by atoms with E-state index in [0.29, 0.717) is 12.0 Å². The fraction of sp³-hybridized carbons (Fsp3) is 0.471. The first-order valence-electron chi connectivity index (χ1n) is 7.42. The van der Waals surface area contributed by atoms with Gasteiger partial charge in [-0.25, -0.2) is 4.98 Å². The summed E-state index contributed by atoms with van der Waals surface area (Å²) < 4.78 is 0. The minimum atomic E-state index is 0.462. The number of aromatic nitrogens is 1. The van der Waals surface area contributed by atoms with Gasteiger partial charge in [0, 0.05) is 31.2 Å². The Bertz CT molecular complexity index is 609. The lowest BCUT2D eigenvalue weighted by Crippen LogP contribution is -2.37. The van der Waals surface area contributed by atoms with Gasteiger partial charge in [-0.15, -0.1) is 0 Å². The van der Waals surface area contributed by atoms with Crippen molar-refractivity contribution in [1.29, 1.82) is 0 Å². The molecular formula is C17H23N3. The highest BCUT2D eigenvalue weighted by Crippen LogP contribution is 2.34. The van der Waals surface area contributed by atoms with Gasteiger partial charge in [0.2, 0.25) is 0 Å². The SMILES string of the molecule is CC1(C)CCN(c2ncc(CN)c3ccccc23)CC1. The Morgan fingerprint density at radius 3 is 2.45 bits per heavy atom. The van der Waals surface area contributed by atoms with Crippen LogP contribution in [0, 0.1) is 5.41 Å². The number of anilines is 1. The zero-order valence-corrected chi connectivity index (χ0v) is 12.4. The number of hydrogen-bond donors (Lipinski definition) is 1. The fourth-order valence-corrected chi connectivity index (χ4v) is 2.97. The van der Waals surface area contributed by atoms with E-state index < -0.39 is 0 Å². The van der Waals surface area contributed by atoms with Crippen LogP contribution in [0.2, 0.25) is 0 Å². The molecular weight excluding hydrogens is 246 g/mol. The second-order valence-corrected chi connectivity index (χ2v) is 6.51. The molecule has 106 valence electrons. The van der Waals surface area contributed by atoms with Gasteiger partial charge in [0.25, 0.3) is 0 Å². The third kappa shape index (κ3) is 2.38. The third-order valence-electron chi connectivity index (χ3n) is 4.49. The lowest BCUT2D eigenvalue weighted by atomic mass is 9.82. The van der Waals surface area contributed by atoms with Gasteiger partial charge in [-0.2, -0.15) is 0 Å². The third-order valence-corrected chi connectivity index (χ3v) is 4.49. The van der Waals surface area contributed by atoms with E-state index in [1.54, 1.807) is 0 Å². The molecule has 2 heterocycles. The molecule has 3 heteroatoms. The molecule has 2 N–H and O–H groups in total. The first-order chi connectivity index (χ1) is 9.61. The van der Waals surface area contributed by atoms with Crippen LogP contribution < -0.4 is 10.6 Å². The van der Waals surface area contributed by atoms with Crippen LogP contribution in [0.1, 0.15) is 32.3 Å². The summed E-state index contributed by atoms with van der Waals surface area (Å²) in [5, 5.41) is 2.47. The van der Waals surface area contributed by atoms with Crippen molar-refractivity contribution in [2.45, 2.75) is 33.2 Å². The van der Waals surface area contributed by atoms with E-state index in [1.165, 1.54) is 23.6 Å². The van der Waals surface area contributed by atoms with Crippen molar-refractivity contribution in [3.05, 3.63) is 36.0 Å². The second kappa shape index (κ2) is 5.06. The molecule has 0 aliphatic carbocycles. The van der Waals surface area contributed by atoms with Crippen LogP contribution in [0.25, 0.3) is 10.8 Å². The molecule has 3 nitrogen and oxygen atoms in total. The van der Waals surface area contributed by atoms with E-state index in [-0.39, 0.29) is 0 Å². The minimum Gasteiger partial charge on any atom is -0.356 e. The van der Waals surface area contributed by atoms with Crippen molar-refractivity contribution in [3.63, 3.8) is 0 Å². The normalized spacial score (nSPS) is 18.4. The average Bonchev–Trinajstić information content (AvgIpc) is 2.46. The fourth-order valence-electron chi connectivity index (χ4n) is 2.97. The quantitative estimate of drug-likeness (QED) is 0.909. The highest BCUT2D eigenvalue weighted by atomic mass is 15.2. The van der Waals surface area contributed by atoms with E-state index in [0.717, 1.165) is 24.5 Å². The van der Waals surface area contributed by atoms with Crippen molar-refractivity contribution in [2.75, 3.05) is 18.0 Å². The number of piperidine rings is 1. The van der Waals surface area contributed by atoms with Gasteiger partial charge in [-0.05, 0) is 29.2 Å². The molecule has 0 spiro atoms. The van der Waals surface area contributed by atoms with Gasteiger partial charge in [0.15, 0.2) is 0 Å². The highest BCUT2D eigenvalue weighted by Gasteiger charge is 2.26. The number of benzene rings is 1. The molecule has 1 aliphatic heterocycles. The molecule has 0 atom stereocenters. The van der Waals surface area contributed by atoms with Crippen LogP contribution >= 0.6 is 0 Å². The molecule has 1 aliphatic rings. The molecule has 0 amide bonds. The van der Waals surface area contributed by atoms with Crippen LogP contribution in [-0.4, -0.2) is 18.1 Å². The molecule has 20 heavy (non-hydrogen) atoms. The van der Waals surface area contributed by atoms with E-state index in [9.17, 15) is 0 Å². The van der Waals surface area contributed by atoms with Crippen LogP contribution in [0.3, 0.4) is 0 Å². The van der Waals surface area contributed by atoms with Crippen LogP contribution in [0.5, 0.6) is 0 Å². The Balaban J connectivity index is 2.01. The van der Waals surface area contributed by atoms with Crippen molar-refractivity contribution < 1.29 is 0 Å². The Morgan fingerprint density at radius 1 is 1.15 bits per heavy atom. The minimum absolute atomic E-state index is 0.462. The molecule has 0 unspecified atom stereocenters. The maximum atomic E-state index is 5.83. The monoisotopic (exact) mass is 269 g/mol. The summed E-state index contributed by atoms with van der Waals surface area (Å²) in [6.45, 7) is 7.43. The molecule has 1 aromatic heterocycles. The van der Waals surface area contributed by atoms with Crippen molar-refractivity contribution >= 4 is 16.6 Å². The largest absolute Gasteiger partial charge is 0.356 e. The molecule has 1 fully saturated rings. The topological polar surface area (TPSA) is 42.2 Å². The summed E-state index contributed by atoms with van der Waals surface area (Å²) in [4.78, 5) is 7.12. The Morgan fingerprint density at radius 2 is 1.80 bits per heavy atom. The molecule has 0 bridgehead atoms. The predicted octanol–water partition coefficient (Wildman–Crippen LogP) is 3.32. The summed E-state index contributed by atoms with van der Waals surface area (Å²) in [7, 11) is 0. The van der Waals surface area contributed by atoms with Gasteiger partial charge >= 0.3 is 0 Å². The number of nitrogens with two attached hydrogens (primary N) is 1. The van der Waals surface area contributed by atoms with Gasteiger partial charge in [0.05, 0.1) is 0 Å². The van der Waals surface area contributed by atoms with E-state index in [2.05, 4.69) is 43.0 Å². The first kappa shape index (κ1) is 13.4.